The van der Waals surface area contributed by atoms with Crippen molar-refractivity contribution in [2.24, 2.45) is 17.8 Å². The Kier molecular flexibility index (Phi) is 19.1. The van der Waals surface area contributed by atoms with E-state index in [0.29, 0.717) is 31.0 Å². The summed E-state index contributed by atoms with van der Waals surface area (Å²) in [5, 5.41) is 58.3. The molecule has 0 radical (unpaired) electrons. The molecule has 1 aromatic rings. The molecule has 3 fully saturated rings. The number of aliphatic hydroxyl groups is 4. The van der Waals surface area contributed by atoms with Gasteiger partial charge in [0, 0.05) is 38.1 Å². The first-order chi connectivity index (χ1) is 29.5. The molecule has 3 heterocycles. The van der Waals surface area contributed by atoms with Gasteiger partial charge in [0.25, 0.3) is 0 Å². The Balaban J connectivity index is 1.85. The number of nitrogens with one attached hydrogen (secondary N) is 3. The van der Waals surface area contributed by atoms with Crippen LogP contribution in [-0.2, 0) is 33.2 Å². The number of aliphatic hydroxyl groups excluding tert-OH is 1. The van der Waals surface area contributed by atoms with Gasteiger partial charge in [0.1, 0.15) is 40.5 Å². The molecule has 364 valence electrons. The number of carbonyl (C=O) groups excluding carboxylic acids is 1. The molecule has 3 aliphatic rings. The van der Waals surface area contributed by atoms with Crippen LogP contribution in [0.2, 0.25) is 0 Å². The van der Waals surface area contributed by atoms with Crippen molar-refractivity contribution in [3.8, 4) is 11.5 Å². The Hall–Kier alpha value is -2.19. The molecule has 0 spiro atoms. The minimum atomic E-state index is -1.83. The number of hydrogen-bond donors (Lipinski definition) is 7. The molecule has 0 bridgehead atoms. The molecule has 0 aliphatic carbocycles. The number of carbonyl (C=O) groups is 1. The second-order valence-electron chi connectivity index (χ2n) is 19.3. The smallest absolute Gasteiger partial charge is 0.311 e. The maximum atomic E-state index is 14.5. The number of ether oxygens (including phenoxy) is 8. The van der Waals surface area contributed by atoms with Crippen LogP contribution < -0.4 is 25.4 Å². The van der Waals surface area contributed by atoms with Crippen molar-refractivity contribution in [1.29, 1.82) is 0 Å². The first-order valence-electron chi connectivity index (χ1n) is 23.2. The zero-order valence-corrected chi connectivity index (χ0v) is 40.5. The van der Waals surface area contributed by atoms with E-state index in [1.165, 1.54) is 6.92 Å². The Labute approximate surface area is 376 Å². The number of methoxy groups -OCH3 is 2. The van der Waals surface area contributed by atoms with Gasteiger partial charge in [-0.3, -0.25) is 4.79 Å². The van der Waals surface area contributed by atoms with E-state index in [1.54, 1.807) is 54.9 Å². The Bertz CT molecular complexity index is 1570. The van der Waals surface area contributed by atoms with Crippen LogP contribution in [-0.4, -0.2) is 157 Å². The summed E-state index contributed by atoms with van der Waals surface area (Å²) in [6.07, 6.45) is -6.25. The van der Waals surface area contributed by atoms with Crippen LogP contribution in [0, 0.1) is 17.8 Å². The van der Waals surface area contributed by atoms with E-state index in [-0.39, 0.29) is 43.9 Å². The normalized spacial score (nSPS) is 43.6. The largest absolute Gasteiger partial charge is 0.497 e. The third kappa shape index (κ3) is 12.4. The lowest BCUT2D eigenvalue weighted by atomic mass is 9.75. The maximum Gasteiger partial charge on any atom is 0.311 e. The fourth-order valence-corrected chi connectivity index (χ4v) is 9.96. The van der Waals surface area contributed by atoms with E-state index in [0.717, 1.165) is 6.42 Å². The molecule has 4 rings (SSSR count). The predicted octanol–water partition coefficient (Wildman–Crippen LogP) is 3.68. The highest BCUT2D eigenvalue weighted by Crippen LogP contribution is 2.43. The van der Waals surface area contributed by atoms with E-state index < -0.39 is 95.5 Å². The maximum absolute atomic E-state index is 14.5. The van der Waals surface area contributed by atoms with E-state index >= 15 is 0 Å². The summed E-state index contributed by atoms with van der Waals surface area (Å²) in [6.45, 7) is 21.1. The van der Waals surface area contributed by atoms with Gasteiger partial charge < -0.3 is 74.3 Å². The highest BCUT2D eigenvalue weighted by molar-refractivity contribution is 5.73. The van der Waals surface area contributed by atoms with Gasteiger partial charge in [-0.15, -0.1) is 0 Å². The lowest BCUT2D eigenvalue weighted by Crippen LogP contribution is -2.70. The standard InChI is InChI=1S/C47H83N3O13/c1-15-20-49-26-47(55)32(8)59-37(24-45(47,10)57-14)62-38-29(5)41(63-43-39(35(48-12)21-28(4)58-43)60-34-19-17-18-33(22-34)56-13)44(9,53)23-27(3)25-50-31(7)40(51)46(11,54)36(16-2)61-42(52)30(38)6/h17-19,22,27-32,35-41,43,48-51,53-55H,15-16,20-21,23-26H2,1-14H3/t27-,28-,29+,30-,31-,32+,35+,36-,37+,38+,39-,40-,41-,43+,44-,45-,46-,47+/m1/s1. The monoisotopic (exact) mass is 898 g/mol. The number of hydrogen-bond acceptors (Lipinski definition) is 16. The number of benzene rings is 1. The highest BCUT2D eigenvalue weighted by atomic mass is 16.7. The van der Waals surface area contributed by atoms with Gasteiger partial charge in [-0.2, -0.15) is 0 Å². The summed E-state index contributed by atoms with van der Waals surface area (Å²) in [7, 11) is 4.99. The van der Waals surface area contributed by atoms with Gasteiger partial charge in [-0.25, -0.2) is 0 Å². The molecule has 16 nitrogen and oxygen atoms in total. The summed E-state index contributed by atoms with van der Waals surface area (Å²) in [6, 6.07) is 6.45. The van der Waals surface area contributed by atoms with E-state index in [4.69, 9.17) is 37.9 Å². The van der Waals surface area contributed by atoms with Crippen molar-refractivity contribution in [3.05, 3.63) is 24.3 Å². The zero-order valence-electron chi connectivity index (χ0n) is 40.5. The molecule has 3 saturated heterocycles. The minimum Gasteiger partial charge on any atom is -0.497 e. The SMILES string of the molecule is CCCNC[C@]1(O)[C@H](C)O[C@@H](O[C@H]2[C@H](C)[C@@H](O[C@@H]3O[C@H](C)C[C@H](NC)[C@H]3Oc3cccc(OC)c3)[C@](C)(O)C[C@@H](C)CN[C@H](C)[C@@H](O)[C@](C)(O)[C@@H](CC)OC(=O)[C@@H]2C)C[C@@]1(C)OC. The summed E-state index contributed by atoms with van der Waals surface area (Å²) < 4.78 is 51.5. The Morgan fingerprint density at radius 3 is 2.24 bits per heavy atom. The third-order valence-electron chi connectivity index (χ3n) is 14.0. The second kappa shape index (κ2) is 22.5. The number of rotatable bonds is 14. The fourth-order valence-electron chi connectivity index (χ4n) is 9.96. The zero-order chi connectivity index (χ0) is 47.1. The summed E-state index contributed by atoms with van der Waals surface area (Å²) in [4.78, 5) is 14.5. The molecule has 18 atom stereocenters. The van der Waals surface area contributed by atoms with Crippen molar-refractivity contribution in [1.82, 2.24) is 16.0 Å². The van der Waals surface area contributed by atoms with Crippen LogP contribution in [0.15, 0.2) is 24.3 Å². The van der Waals surface area contributed by atoms with E-state index in [2.05, 4.69) is 16.0 Å². The van der Waals surface area contributed by atoms with Crippen LogP contribution in [0.1, 0.15) is 108 Å². The van der Waals surface area contributed by atoms with E-state index in [9.17, 15) is 25.2 Å². The van der Waals surface area contributed by atoms with Crippen molar-refractivity contribution < 1.29 is 63.1 Å². The lowest BCUT2D eigenvalue weighted by molar-refractivity contribution is -0.335. The summed E-state index contributed by atoms with van der Waals surface area (Å²) in [5.41, 5.74) is -6.00. The van der Waals surface area contributed by atoms with Crippen molar-refractivity contribution >= 4 is 5.97 Å². The molecule has 63 heavy (non-hydrogen) atoms. The van der Waals surface area contributed by atoms with Crippen LogP contribution in [0.25, 0.3) is 0 Å². The van der Waals surface area contributed by atoms with Crippen molar-refractivity contribution in [2.75, 3.05) is 40.9 Å². The Morgan fingerprint density at radius 2 is 1.62 bits per heavy atom. The van der Waals surface area contributed by atoms with Gasteiger partial charge in [0.2, 0.25) is 0 Å². The molecular weight excluding hydrogens is 815 g/mol. The van der Waals surface area contributed by atoms with Gasteiger partial charge in [0.15, 0.2) is 18.7 Å². The highest BCUT2D eigenvalue weighted by Gasteiger charge is 2.58. The van der Waals surface area contributed by atoms with Crippen LogP contribution >= 0.6 is 0 Å². The van der Waals surface area contributed by atoms with Crippen LogP contribution in [0.4, 0.5) is 0 Å². The molecular formula is C47H83N3O13. The quantitative estimate of drug-likeness (QED) is 0.105. The molecule has 0 saturated carbocycles. The first kappa shape index (κ1) is 53.4. The van der Waals surface area contributed by atoms with Crippen molar-refractivity contribution in [3.63, 3.8) is 0 Å². The molecule has 0 unspecified atom stereocenters. The third-order valence-corrected chi connectivity index (χ3v) is 14.0. The predicted molar refractivity (Wildman–Crippen MR) is 238 cm³/mol. The van der Waals surface area contributed by atoms with E-state index in [1.807, 2.05) is 59.9 Å². The molecule has 0 aromatic heterocycles. The number of esters is 1. The molecule has 7 N–H and O–H groups in total. The van der Waals surface area contributed by atoms with Crippen LogP contribution in [0.5, 0.6) is 11.5 Å². The average molecular weight is 898 g/mol. The molecule has 3 aliphatic heterocycles. The average Bonchev–Trinajstić information content (AvgIpc) is 3.24. The van der Waals surface area contributed by atoms with Gasteiger partial charge in [-0.1, -0.05) is 33.8 Å². The van der Waals surface area contributed by atoms with Gasteiger partial charge in [0.05, 0.1) is 49.1 Å². The fraction of sp³-hybridized carbons (Fsp3) is 0.851. The summed E-state index contributed by atoms with van der Waals surface area (Å²) in [5.74, 6) is -1.53. The molecule has 16 heteroatoms. The van der Waals surface area contributed by atoms with Gasteiger partial charge >= 0.3 is 5.97 Å². The number of cyclic esters (lactones) is 1. The minimum absolute atomic E-state index is 0.0910. The van der Waals surface area contributed by atoms with Gasteiger partial charge in [-0.05, 0) is 112 Å². The first-order valence-corrected chi connectivity index (χ1v) is 23.2. The van der Waals surface area contributed by atoms with Crippen LogP contribution in [0.3, 0.4) is 0 Å². The summed E-state index contributed by atoms with van der Waals surface area (Å²) >= 11 is 0. The lowest BCUT2D eigenvalue weighted by Gasteiger charge is -2.53. The van der Waals surface area contributed by atoms with Crippen molar-refractivity contribution in [2.45, 2.75) is 198 Å². The number of likely N-dealkylation sites (N-methyl/N-ethyl adjacent to an activating group) is 1. The molecule has 0 amide bonds. The topological polar surface area (TPSA) is 208 Å². The molecule has 1 aromatic carbocycles. The second-order valence-corrected chi connectivity index (χ2v) is 19.3. The Morgan fingerprint density at radius 1 is 0.937 bits per heavy atom.